The molecule has 0 bridgehead atoms. The van der Waals surface area contributed by atoms with Crippen LogP contribution in [-0.2, 0) is 4.79 Å². The lowest BCUT2D eigenvalue weighted by molar-refractivity contribution is -0.123. The molecule has 1 saturated carbocycles. The molecule has 1 amide bonds. The molecule has 1 aliphatic heterocycles. The molecule has 4 heteroatoms. The van der Waals surface area contributed by atoms with E-state index in [1.54, 1.807) is 11.8 Å². The summed E-state index contributed by atoms with van der Waals surface area (Å²) in [6.45, 7) is 2.70. The molecule has 2 fully saturated rings. The van der Waals surface area contributed by atoms with E-state index >= 15 is 0 Å². The maximum atomic E-state index is 11.9. The van der Waals surface area contributed by atoms with Gasteiger partial charge >= 0.3 is 0 Å². The second-order valence-electron chi connectivity index (χ2n) is 4.89. The van der Waals surface area contributed by atoms with Crippen molar-refractivity contribution in [3.63, 3.8) is 0 Å². The highest BCUT2D eigenvalue weighted by molar-refractivity contribution is 8.01. The van der Waals surface area contributed by atoms with Crippen LogP contribution >= 0.6 is 11.8 Å². The number of rotatable bonds is 4. The Bertz CT molecular complexity index is 247. The Balaban J connectivity index is 1.75. The van der Waals surface area contributed by atoms with E-state index in [0.717, 1.165) is 18.6 Å². The van der Waals surface area contributed by atoms with Crippen LogP contribution < -0.4 is 11.1 Å². The molecule has 2 aliphatic rings. The number of amides is 1. The fourth-order valence-electron chi connectivity index (χ4n) is 2.05. The molecule has 0 spiro atoms. The van der Waals surface area contributed by atoms with Gasteiger partial charge in [0.25, 0.3) is 0 Å². The first kappa shape index (κ1) is 11.3. The molecule has 0 radical (unpaired) electrons. The van der Waals surface area contributed by atoms with E-state index in [1.165, 1.54) is 12.8 Å². The van der Waals surface area contributed by atoms with Crippen LogP contribution in [0.15, 0.2) is 0 Å². The van der Waals surface area contributed by atoms with Crippen molar-refractivity contribution in [2.45, 2.75) is 43.4 Å². The maximum absolute atomic E-state index is 11.9. The quantitative estimate of drug-likeness (QED) is 0.758. The second-order valence-corrected chi connectivity index (χ2v) is 6.49. The Hall–Kier alpha value is -0.220. The molecule has 2 atom stereocenters. The average molecular weight is 228 g/mol. The zero-order valence-corrected chi connectivity index (χ0v) is 10.1. The highest BCUT2D eigenvalue weighted by Crippen LogP contribution is 2.38. The third-order valence-electron chi connectivity index (χ3n) is 3.42. The molecule has 1 aliphatic carbocycles. The van der Waals surface area contributed by atoms with Crippen molar-refractivity contribution in [1.29, 1.82) is 0 Å². The summed E-state index contributed by atoms with van der Waals surface area (Å²) in [6, 6.07) is 0.170. The number of hydrogen-bond acceptors (Lipinski definition) is 3. The van der Waals surface area contributed by atoms with Crippen molar-refractivity contribution in [2.75, 3.05) is 12.3 Å². The predicted octanol–water partition coefficient (Wildman–Crippen LogP) is 1.13. The third-order valence-corrected chi connectivity index (χ3v) is 4.94. The van der Waals surface area contributed by atoms with Gasteiger partial charge in [0.15, 0.2) is 0 Å². The minimum Gasteiger partial charge on any atom is -0.353 e. The first-order valence-corrected chi connectivity index (χ1v) is 6.78. The fraction of sp³-hybridized carbons (Fsp3) is 0.909. The van der Waals surface area contributed by atoms with Crippen molar-refractivity contribution in [1.82, 2.24) is 5.32 Å². The summed E-state index contributed by atoms with van der Waals surface area (Å²) in [6.07, 6.45) is 4.64. The summed E-state index contributed by atoms with van der Waals surface area (Å²) in [7, 11) is 0. The van der Waals surface area contributed by atoms with Crippen LogP contribution in [0.1, 0.15) is 32.6 Å². The van der Waals surface area contributed by atoms with Crippen LogP contribution in [0.4, 0.5) is 0 Å². The summed E-state index contributed by atoms with van der Waals surface area (Å²) in [5, 5.41) is 3.00. The Kier molecular flexibility index (Phi) is 3.26. The van der Waals surface area contributed by atoms with Crippen LogP contribution in [-0.4, -0.2) is 29.0 Å². The number of nitrogens with two attached hydrogens (primary N) is 1. The standard InChI is InChI=1S/C11H20N2OS/c1-11(5-2-6-15-11)10(14)13-7-9(12)8-3-4-8/h8-9H,2-7,12H2,1H3,(H,13,14). The molecular weight excluding hydrogens is 208 g/mol. The lowest BCUT2D eigenvalue weighted by Gasteiger charge is -2.22. The van der Waals surface area contributed by atoms with E-state index in [2.05, 4.69) is 5.32 Å². The van der Waals surface area contributed by atoms with E-state index < -0.39 is 0 Å². The Morgan fingerprint density at radius 1 is 1.67 bits per heavy atom. The average Bonchev–Trinajstić information content (AvgIpc) is 2.98. The number of hydrogen-bond donors (Lipinski definition) is 2. The summed E-state index contributed by atoms with van der Waals surface area (Å²) in [5.41, 5.74) is 5.95. The van der Waals surface area contributed by atoms with Gasteiger partial charge in [-0.15, -0.1) is 11.8 Å². The summed E-state index contributed by atoms with van der Waals surface area (Å²) >= 11 is 1.78. The minimum atomic E-state index is -0.191. The monoisotopic (exact) mass is 228 g/mol. The van der Waals surface area contributed by atoms with Gasteiger partial charge in [0.1, 0.15) is 0 Å². The SMILES string of the molecule is CC1(C(=O)NCC(N)C2CC2)CCCS1. The van der Waals surface area contributed by atoms with Crippen LogP contribution in [0.2, 0.25) is 0 Å². The third kappa shape index (κ3) is 2.67. The Morgan fingerprint density at radius 3 is 2.93 bits per heavy atom. The predicted molar refractivity (Wildman–Crippen MR) is 63.8 cm³/mol. The number of thioether (sulfide) groups is 1. The minimum absolute atomic E-state index is 0.170. The van der Waals surface area contributed by atoms with Crippen molar-refractivity contribution >= 4 is 17.7 Å². The van der Waals surface area contributed by atoms with Crippen molar-refractivity contribution in [2.24, 2.45) is 11.7 Å². The second kappa shape index (κ2) is 4.34. The Morgan fingerprint density at radius 2 is 2.40 bits per heavy atom. The molecule has 0 aromatic heterocycles. The maximum Gasteiger partial charge on any atom is 0.236 e. The first-order valence-electron chi connectivity index (χ1n) is 5.80. The van der Waals surface area contributed by atoms with Crippen molar-refractivity contribution in [3.05, 3.63) is 0 Å². The molecule has 3 N–H and O–H groups in total. The molecule has 15 heavy (non-hydrogen) atoms. The number of carbonyl (C=O) groups is 1. The van der Waals surface area contributed by atoms with E-state index in [-0.39, 0.29) is 16.7 Å². The van der Waals surface area contributed by atoms with Gasteiger partial charge in [-0.1, -0.05) is 0 Å². The van der Waals surface area contributed by atoms with Gasteiger partial charge < -0.3 is 11.1 Å². The van der Waals surface area contributed by atoms with Gasteiger partial charge in [-0.2, -0.15) is 0 Å². The zero-order valence-electron chi connectivity index (χ0n) is 9.29. The van der Waals surface area contributed by atoms with Crippen molar-refractivity contribution < 1.29 is 4.79 Å². The Labute approximate surface area is 95.6 Å². The van der Waals surface area contributed by atoms with E-state index in [0.29, 0.717) is 12.5 Å². The van der Waals surface area contributed by atoms with Gasteiger partial charge in [-0.3, -0.25) is 4.79 Å². The molecular formula is C11H20N2OS. The van der Waals surface area contributed by atoms with Crippen LogP contribution in [0.25, 0.3) is 0 Å². The van der Waals surface area contributed by atoms with Crippen LogP contribution in [0.3, 0.4) is 0 Å². The number of carbonyl (C=O) groups excluding carboxylic acids is 1. The molecule has 2 rings (SSSR count). The molecule has 86 valence electrons. The smallest absolute Gasteiger partial charge is 0.236 e. The fourth-order valence-corrected chi connectivity index (χ4v) is 3.28. The lowest BCUT2D eigenvalue weighted by atomic mass is 10.0. The highest BCUT2D eigenvalue weighted by atomic mass is 32.2. The molecule has 1 heterocycles. The largest absolute Gasteiger partial charge is 0.353 e. The van der Waals surface area contributed by atoms with E-state index in [1.807, 2.05) is 6.92 Å². The summed E-state index contributed by atoms with van der Waals surface area (Å²) < 4.78 is -0.191. The van der Waals surface area contributed by atoms with Gasteiger partial charge in [-0.05, 0) is 44.3 Å². The number of nitrogens with one attached hydrogen (secondary N) is 1. The molecule has 0 aromatic carbocycles. The van der Waals surface area contributed by atoms with Crippen LogP contribution in [0, 0.1) is 5.92 Å². The molecule has 1 saturated heterocycles. The first-order chi connectivity index (χ1) is 7.12. The van der Waals surface area contributed by atoms with Gasteiger partial charge in [0.05, 0.1) is 4.75 Å². The van der Waals surface area contributed by atoms with E-state index in [4.69, 9.17) is 5.73 Å². The zero-order chi connectivity index (χ0) is 10.9. The topological polar surface area (TPSA) is 55.1 Å². The van der Waals surface area contributed by atoms with Gasteiger partial charge in [0, 0.05) is 12.6 Å². The normalized spacial score (nSPS) is 32.7. The van der Waals surface area contributed by atoms with Crippen LogP contribution in [0.5, 0.6) is 0 Å². The highest BCUT2D eigenvalue weighted by Gasteiger charge is 2.37. The van der Waals surface area contributed by atoms with Crippen molar-refractivity contribution in [3.8, 4) is 0 Å². The molecule has 3 nitrogen and oxygen atoms in total. The molecule has 2 unspecified atom stereocenters. The van der Waals surface area contributed by atoms with Gasteiger partial charge in [-0.25, -0.2) is 0 Å². The molecule has 0 aromatic rings. The summed E-state index contributed by atoms with van der Waals surface area (Å²) in [4.78, 5) is 11.9. The van der Waals surface area contributed by atoms with E-state index in [9.17, 15) is 4.79 Å². The lowest BCUT2D eigenvalue weighted by Crippen LogP contribution is -2.46. The summed E-state index contributed by atoms with van der Waals surface area (Å²) in [5.74, 6) is 1.95. The van der Waals surface area contributed by atoms with Gasteiger partial charge in [0.2, 0.25) is 5.91 Å².